The Bertz CT molecular complexity index is 1800. The number of hydrogen-bond acceptors (Lipinski definition) is 0. The SMILES string of the molecule is Cc1ccc(-n2c3ccccc3c3cc4c5ccccc5n(-c5ccccc5)c4cc32)cc1. The molecular formula is C31H22N2. The van der Waals surface area contributed by atoms with Gasteiger partial charge in [0.25, 0.3) is 0 Å². The van der Waals surface area contributed by atoms with Crippen LogP contribution in [0, 0.1) is 6.92 Å². The first-order valence-electron chi connectivity index (χ1n) is 11.4. The third kappa shape index (κ3) is 2.61. The summed E-state index contributed by atoms with van der Waals surface area (Å²) in [6.45, 7) is 2.14. The summed E-state index contributed by atoms with van der Waals surface area (Å²) in [6.07, 6.45) is 0. The van der Waals surface area contributed by atoms with Crippen LogP contribution in [0.2, 0.25) is 0 Å². The summed E-state index contributed by atoms with van der Waals surface area (Å²) >= 11 is 0. The van der Waals surface area contributed by atoms with Crippen LogP contribution in [0.4, 0.5) is 0 Å². The average molecular weight is 423 g/mol. The summed E-state index contributed by atoms with van der Waals surface area (Å²) in [5.41, 5.74) is 8.57. The Balaban J connectivity index is 1.69. The summed E-state index contributed by atoms with van der Waals surface area (Å²) in [4.78, 5) is 0. The second-order valence-corrected chi connectivity index (χ2v) is 8.76. The van der Waals surface area contributed by atoms with Gasteiger partial charge in [-0.2, -0.15) is 0 Å². The standard InChI is InChI=1S/C31H22N2/c1-21-15-17-23(18-16-21)33-29-14-8-6-12-25(29)27-19-26-24-11-5-7-13-28(24)32(30(26)20-31(27)33)22-9-3-2-4-10-22/h2-20H,1H3. The first-order chi connectivity index (χ1) is 16.3. The van der Waals surface area contributed by atoms with Crippen molar-refractivity contribution >= 4 is 43.6 Å². The molecule has 0 radical (unpaired) electrons. The second kappa shape index (κ2) is 6.85. The maximum Gasteiger partial charge on any atom is 0.0562 e. The summed E-state index contributed by atoms with van der Waals surface area (Å²) in [5.74, 6) is 0. The zero-order valence-electron chi connectivity index (χ0n) is 18.4. The monoisotopic (exact) mass is 422 g/mol. The smallest absolute Gasteiger partial charge is 0.0562 e. The number of para-hydroxylation sites is 3. The van der Waals surface area contributed by atoms with Gasteiger partial charge in [-0.3, -0.25) is 0 Å². The van der Waals surface area contributed by atoms with Gasteiger partial charge in [0.1, 0.15) is 0 Å². The van der Waals surface area contributed by atoms with E-state index in [9.17, 15) is 0 Å². The molecule has 5 aromatic carbocycles. The molecule has 156 valence electrons. The van der Waals surface area contributed by atoms with Crippen molar-refractivity contribution in [3.8, 4) is 11.4 Å². The fourth-order valence-corrected chi connectivity index (χ4v) is 5.26. The van der Waals surface area contributed by atoms with Crippen LogP contribution >= 0.6 is 0 Å². The Morgan fingerprint density at radius 3 is 1.45 bits per heavy atom. The van der Waals surface area contributed by atoms with E-state index in [0.717, 1.165) is 0 Å². The van der Waals surface area contributed by atoms with Gasteiger partial charge in [0.2, 0.25) is 0 Å². The zero-order chi connectivity index (χ0) is 21.9. The molecule has 7 rings (SSSR count). The van der Waals surface area contributed by atoms with Crippen LogP contribution < -0.4 is 0 Å². The van der Waals surface area contributed by atoms with E-state index >= 15 is 0 Å². The summed E-state index contributed by atoms with van der Waals surface area (Å²) in [6, 6.07) is 41.7. The molecule has 2 heterocycles. The van der Waals surface area contributed by atoms with Crippen molar-refractivity contribution in [2.45, 2.75) is 6.92 Å². The molecular weight excluding hydrogens is 400 g/mol. The molecule has 0 atom stereocenters. The number of aromatic nitrogens is 2. The predicted octanol–water partition coefficient (Wildman–Crippen LogP) is 8.19. The lowest BCUT2D eigenvalue weighted by Crippen LogP contribution is -1.95. The van der Waals surface area contributed by atoms with Crippen LogP contribution in [0.15, 0.2) is 115 Å². The molecule has 0 aliphatic rings. The maximum absolute atomic E-state index is 2.40. The van der Waals surface area contributed by atoms with E-state index in [-0.39, 0.29) is 0 Å². The van der Waals surface area contributed by atoms with E-state index in [0.29, 0.717) is 0 Å². The van der Waals surface area contributed by atoms with Crippen LogP contribution in [0.1, 0.15) is 5.56 Å². The number of benzene rings is 5. The van der Waals surface area contributed by atoms with Crippen molar-refractivity contribution in [3.05, 3.63) is 121 Å². The molecule has 0 aliphatic heterocycles. The molecule has 2 heteroatoms. The van der Waals surface area contributed by atoms with Gasteiger partial charge in [0.05, 0.1) is 22.1 Å². The van der Waals surface area contributed by atoms with Gasteiger partial charge in [-0.05, 0) is 55.5 Å². The molecule has 2 nitrogen and oxygen atoms in total. The first kappa shape index (κ1) is 18.3. The van der Waals surface area contributed by atoms with E-state index in [1.807, 2.05) is 0 Å². The number of nitrogens with zero attached hydrogens (tertiary/aromatic N) is 2. The van der Waals surface area contributed by atoms with Crippen LogP contribution in [0.25, 0.3) is 55.0 Å². The topological polar surface area (TPSA) is 9.86 Å². The Morgan fingerprint density at radius 1 is 0.394 bits per heavy atom. The maximum atomic E-state index is 2.40. The van der Waals surface area contributed by atoms with Crippen molar-refractivity contribution in [2.24, 2.45) is 0 Å². The van der Waals surface area contributed by atoms with E-state index < -0.39 is 0 Å². The molecule has 0 aliphatic carbocycles. The highest BCUT2D eigenvalue weighted by Gasteiger charge is 2.17. The van der Waals surface area contributed by atoms with E-state index in [2.05, 4.69) is 131 Å². The molecule has 2 aromatic heterocycles. The van der Waals surface area contributed by atoms with Crippen LogP contribution in [0.3, 0.4) is 0 Å². The molecule has 0 amide bonds. The Hall–Kier alpha value is -4.30. The third-order valence-corrected chi connectivity index (χ3v) is 6.77. The number of hydrogen-bond donors (Lipinski definition) is 0. The van der Waals surface area contributed by atoms with Gasteiger partial charge in [-0.1, -0.05) is 72.3 Å². The van der Waals surface area contributed by atoms with Gasteiger partial charge in [-0.15, -0.1) is 0 Å². The highest BCUT2D eigenvalue weighted by molar-refractivity contribution is 6.19. The second-order valence-electron chi connectivity index (χ2n) is 8.76. The number of fused-ring (bicyclic) bond motifs is 6. The van der Waals surface area contributed by atoms with Crippen molar-refractivity contribution in [1.82, 2.24) is 9.13 Å². The summed E-state index contributed by atoms with van der Waals surface area (Å²) < 4.78 is 4.79. The van der Waals surface area contributed by atoms with Crippen molar-refractivity contribution in [1.29, 1.82) is 0 Å². The molecule has 0 bridgehead atoms. The van der Waals surface area contributed by atoms with Gasteiger partial charge in [-0.25, -0.2) is 0 Å². The summed E-state index contributed by atoms with van der Waals surface area (Å²) in [5, 5.41) is 5.14. The Kier molecular flexibility index (Phi) is 3.80. The van der Waals surface area contributed by atoms with Crippen molar-refractivity contribution < 1.29 is 0 Å². The molecule has 0 saturated heterocycles. The van der Waals surface area contributed by atoms with Crippen LogP contribution in [0.5, 0.6) is 0 Å². The van der Waals surface area contributed by atoms with Gasteiger partial charge < -0.3 is 9.13 Å². The van der Waals surface area contributed by atoms with Gasteiger partial charge >= 0.3 is 0 Å². The third-order valence-electron chi connectivity index (χ3n) is 6.77. The molecule has 0 fully saturated rings. The van der Waals surface area contributed by atoms with Crippen LogP contribution in [-0.4, -0.2) is 9.13 Å². The molecule has 0 spiro atoms. The van der Waals surface area contributed by atoms with E-state index in [1.54, 1.807) is 0 Å². The van der Waals surface area contributed by atoms with Crippen molar-refractivity contribution in [3.63, 3.8) is 0 Å². The quantitative estimate of drug-likeness (QED) is 0.266. The highest BCUT2D eigenvalue weighted by atomic mass is 15.0. The minimum absolute atomic E-state index is 1.18. The van der Waals surface area contributed by atoms with Gasteiger partial charge in [0.15, 0.2) is 0 Å². The lowest BCUT2D eigenvalue weighted by atomic mass is 10.1. The van der Waals surface area contributed by atoms with Gasteiger partial charge in [0, 0.05) is 32.9 Å². The van der Waals surface area contributed by atoms with Crippen molar-refractivity contribution in [2.75, 3.05) is 0 Å². The predicted molar refractivity (Wildman–Crippen MR) is 140 cm³/mol. The fraction of sp³-hybridized carbons (Fsp3) is 0.0323. The highest BCUT2D eigenvalue weighted by Crippen LogP contribution is 2.39. The fourth-order valence-electron chi connectivity index (χ4n) is 5.26. The Labute approximate surface area is 191 Å². The zero-order valence-corrected chi connectivity index (χ0v) is 18.4. The van der Waals surface area contributed by atoms with E-state index in [1.165, 1.54) is 60.5 Å². The molecule has 0 N–H and O–H groups in total. The normalized spacial score (nSPS) is 11.8. The largest absolute Gasteiger partial charge is 0.309 e. The molecule has 0 unspecified atom stereocenters. The minimum atomic E-state index is 1.18. The summed E-state index contributed by atoms with van der Waals surface area (Å²) in [7, 11) is 0. The number of aryl methyl sites for hydroxylation is 1. The van der Waals surface area contributed by atoms with E-state index in [4.69, 9.17) is 0 Å². The lowest BCUT2D eigenvalue weighted by molar-refractivity contribution is 1.16. The average Bonchev–Trinajstić information content (AvgIpc) is 3.36. The molecule has 0 saturated carbocycles. The minimum Gasteiger partial charge on any atom is -0.309 e. The first-order valence-corrected chi connectivity index (χ1v) is 11.4. The number of rotatable bonds is 2. The lowest BCUT2D eigenvalue weighted by Gasteiger charge is -2.10. The van der Waals surface area contributed by atoms with Crippen LogP contribution in [-0.2, 0) is 0 Å². The Morgan fingerprint density at radius 2 is 0.879 bits per heavy atom. The molecule has 33 heavy (non-hydrogen) atoms. The molecule has 7 aromatic rings.